The Labute approximate surface area is 65.3 Å². The number of unbranched alkanes of at least 4 members (excludes halogenated alkanes) is 1. The van der Waals surface area contributed by atoms with Crippen LogP contribution in [0.3, 0.4) is 0 Å². The third kappa shape index (κ3) is 5.74. The molecule has 0 aliphatic carbocycles. The molecular weight excluding hydrogens is 120 g/mol. The topological polar surface area (TPSA) is 0 Å². The molecule has 0 bridgehead atoms. The van der Waals surface area contributed by atoms with Crippen molar-refractivity contribution in [3.63, 3.8) is 0 Å². The number of allylic oxidation sites excluding steroid dienone is 2. The molecule has 0 aromatic heterocycles. The molecule has 0 aliphatic heterocycles. The van der Waals surface area contributed by atoms with Crippen LogP contribution in [-0.4, -0.2) is 0 Å². The highest BCUT2D eigenvalue weighted by molar-refractivity contribution is 4.95. The number of hydrogen-bond donors (Lipinski definition) is 0. The molecular formula is C10H19+. The number of hydrogen-bond acceptors (Lipinski definition) is 0. The Morgan fingerprint density at radius 3 is 2.60 bits per heavy atom. The van der Waals surface area contributed by atoms with Crippen LogP contribution >= 0.6 is 0 Å². The molecule has 0 radical (unpaired) electrons. The zero-order valence-electron chi connectivity index (χ0n) is 7.43. The molecule has 0 rings (SSSR count). The van der Waals surface area contributed by atoms with E-state index in [-0.39, 0.29) is 0 Å². The second-order valence-corrected chi connectivity index (χ2v) is 2.79. The van der Waals surface area contributed by atoms with Crippen LogP contribution in [0.25, 0.3) is 0 Å². The summed E-state index contributed by atoms with van der Waals surface area (Å²) in [5.74, 6) is 0.757. The van der Waals surface area contributed by atoms with Gasteiger partial charge in [0.1, 0.15) is 0 Å². The summed E-state index contributed by atoms with van der Waals surface area (Å²) in [5, 5.41) is 0. The monoisotopic (exact) mass is 139 g/mol. The summed E-state index contributed by atoms with van der Waals surface area (Å²) in [7, 11) is 0. The summed E-state index contributed by atoms with van der Waals surface area (Å²) < 4.78 is 0. The van der Waals surface area contributed by atoms with E-state index >= 15 is 0 Å². The van der Waals surface area contributed by atoms with Crippen molar-refractivity contribution in [3.05, 3.63) is 18.6 Å². The van der Waals surface area contributed by atoms with Crippen molar-refractivity contribution in [2.24, 2.45) is 5.92 Å². The largest absolute Gasteiger partial charge is 0.0895 e. The smallest absolute Gasteiger partial charge is 0.0653 e. The molecule has 0 aliphatic rings. The molecule has 1 unspecified atom stereocenters. The van der Waals surface area contributed by atoms with Crippen molar-refractivity contribution in [1.29, 1.82) is 0 Å². The van der Waals surface area contributed by atoms with Gasteiger partial charge in [-0.3, -0.25) is 0 Å². The highest BCUT2D eigenvalue weighted by Gasteiger charge is 1.97. The van der Waals surface area contributed by atoms with E-state index < -0.39 is 0 Å². The van der Waals surface area contributed by atoms with Crippen LogP contribution in [0.1, 0.15) is 40.0 Å². The maximum Gasteiger partial charge on any atom is 0.0895 e. The second-order valence-electron chi connectivity index (χ2n) is 2.79. The number of rotatable bonds is 5. The fourth-order valence-corrected chi connectivity index (χ4v) is 0.956. The van der Waals surface area contributed by atoms with E-state index in [2.05, 4.69) is 39.3 Å². The van der Waals surface area contributed by atoms with Crippen molar-refractivity contribution in [1.82, 2.24) is 0 Å². The molecule has 0 heterocycles. The van der Waals surface area contributed by atoms with Crippen LogP contribution in [0, 0.1) is 12.3 Å². The third-order valence-electron chi connectivity index (χ3n) is 1.56. The van der Waals surface area contributed by atoms with Crippen molar-refractivity contribution in [3.8, 4) is 0 Å². The summed E-state index contributed by atoms with van der Waals surface area (Å²) in [6.45, 7) is 6.66. The maximum atomic E-state index is 2.28. The molecule has 0 heteroatoms. The molecule has 0 saturated heterocycles. The molecule has 0 amide bonds. The first-order valence-electron chi connectivity index (χ1n) is 4.31. The first-order chi connectivity index (χ1) is 4.81. The fourth-order valence-electron chi connectivity index (χ4n) is 0.956. The second kappa shape index (κ2) is 6.73. The van der Waals surface area contributed by atoms with Crippen molar-refractivity contribution in [2.45, 2.75) is 40.0 Å². The van der Waals surface area contributed by atoms with Crippen molar-refractivity contribution < 1.29 is 0 Å². The normalized spacial score (nSPS) is 13.9. The lowest BCUT2D eigenvalue weighted by Gasteiger charge is -1.95. The predicted molar refractivity (Wildman–Crippen MR) is 47.8 cm³/mol. The molecule has 58 valence electrons. The SMILES string of the molecule is CC[CH+]C=CC(C)CCC. The van der Waals surface area contributed by atoms with Crippen LogP contribution in [-0.2, 0) is 0 Å². The lowest BCUT2D eigenvalue weighted by atomic mass is 10.1. The Morgan fingerprint density at radius 2 is 2.10 bits per heavy atom. The molecule has 0 spiro atoms. The van der Waals surface area contributed by atoms with Gasteiger partial charge in [0, 0.05) is 24.8 Å². The van der Waals surface area contributed by atoms with E-state index in [0.717, 1.165) is 12.3 Å². The van der Waals surface area contributed by atoms with Gasteiger partial charge < -0.3 is 0 Å². The predicted octanol–water partition coefficient (Wildman–Crippen LogP) is 3.59. The first-order valence-corrected chi connectivity index (χ1v) is 4.31. The van der Waals surface area contributed by atoms with Gasteiger partial charge in [-0.2, -0.15) is 0 Å². The van der Waals surface area contributed by atoms with Crippen LogP contribution in [0.5, 0.6) is 0 Å². The summed E-state index contributed by atoms with van der Waals surface area (Å²) in [6, 6.07) is 0. The Morgan fingerprint density at radius 1 is 1.40 bits per heavy atom. The Balaban J connectivity index is 3.26. The molecule has 0 N–H and O–H groups in total. The minimum Gasteiger partial charge on any atom is -0.0653 e. The van der Waals surface area contributed by atoms with Crippen LogP contribution in [0.2, 0.25) is 0 Å². The van der Waals surface area contributed by atoms with Crippen LogP contribution in [0.4, 0.5) is 0 Å². The highest BCUT2D eigenvalue weighted by Crippen LogP contribution is 2.06. The average Bonchev–Trinajstić information content (AvgIpc) is 1.89. The summed E-state index contributed by atoms with van der Waals surface area (Å²) >= 11 is 0. The Kier molecular flexibility index (Phi) is 6.46. The van der Waals surface area contributed by atoms with Gasteiger partial charge in [0.2, 0.25) is 0 Å². The van der Waals surface area contributed by atoms with E-state index in [4.69, 9.17) is 0 Å². The van der Waals surface area contributed by atoms with Gasteiger partial charge in [-0.05, 0) is 20.3 Å². The lowest BCUT2D eigenvalue weighted by molar-refractivity contribution is 0.633. The molecule has 0 fully saturated rings. The van der Waals surface area contributed by atoms with Gasteiger partial charge in [0.05, 0.1) is 6.08 Å². The van der Waals surface area contributed by atoms with Gasteiger partial charge in [-0.25, -0.2) is 0 Å². The molecule has 0 aromatic rings. The zero-order valence-corrected chi connectivity index (χ0v) is 7.43. The molecule has 10 heavy (non-hydrogen) atoms. The van der Waals surface area contributed by atoms with Crippen LogP contribution in [0.15, 0.2) is 12.2 Å². The Hall–Kier alpha value is -0.390. The summed E-state index contributed by atoms with van der Waals surface area (Å²) in [6.07, 6.45) is 10.4. The first kappa shape index (κ1) is 9.61. The zero-order chi connectivity index (χ0) is 7.82. The van der Waals surface area contributed by atoms with E-state index in [9.17, 15) is 0 Å². The van der Waals surface area contributed by atoms with Crippen LogP contribution < -0.4 is 0 Å². The quantitative estimate of drug-likeness (QED) is 0.510. The van der Waals surface area contributed by atoms with E-state index in [1.165, 1.54) is 12.8 Å². The fraction of sp³-hybridized carbons (Fsp3) is 0.700. The average molecular weight is 139 g/mol. The van der Waals surface area contributed by atoms with Crippen molar-refractivity contribution in [2.75, 3.05) is 0 Å². The standard InChI is InChI=1S/C10H19/c1-4-6-7-9-10(3)8-5-2/h6-7,9-10H,4-5,8H2,1-3H3/q+1. The molecule has 0 nitrogen and oxygen atoms in total. The molecule has 0 saturated carbocycles. The minimum atomic E-state index is 0.757. The van der Waals surface area contributed by atoms with Gasteiger partial charge in [0.15, 0.2) is 0 Å². The lowest BCUT2D eigenvalue weighted by Crippen LogP contribution is -1.86. The van der Waals surface area contributed by atoms with Gasteiger partial charge >= 0.3 is 0 Å². The molecule has 1 atom stereocenters. The minimum absolute atomic E-state index is 0.757. The van der Waals surface area contributed by atoms with E-state index in [0.29, 0.717) is 0 Å². The van der Waals surface area contributed by atoms with E-state index in [1.54, 1.807) is 0 Å². The highest BCUT2D eigenvalue weighted by atomic mass is 14.0. The third-order valence-corrected chi connectivity index (χ3v) is 1.56. The van der Waals surface area contributed by atoms with Gasteiger partial charge in [-0.1, -0.05) is 13.3 Å². The van der Waals surface area contributed by atoms with E-state index in [1.807, 2.05) is 0 Å². The van der Waals surface area contributed by atoms with Gasteiger partial charge in [-0.15, -0.1) is 0 Å². The van der Waals surface area contributed by atoms with Crippen molar-refractivity contribution >= 4 is 0 Å². The Bertz CT molecular complexity index is 82.0. The summed E-state index contributed by atoms with van der Waals surface area (Å²) in [5.41, 5.74) is 0. The summed E-state index contributed by atoms with van der Waals surface area (Å²) in [4.78, 5) is 0. The maximum absolute atomic E-state index is 2.28. The van der Waals surface area contributed by atoms with Gasteiger partial charge in [0.25, 0.3) is 0 Å². The molecule has 0 aromatic carbocycles.